The molecule has 1 aromatic rings. The number of carbonyl (C=O) groups is 1. The van der Waals surface area contributed by atoms with E-state index in [4.69, 9.17) is 14.2 Å². The summed E-state index contributed by atoms with van der Waals surface area (Å²) < 4.78 is 15.7. The van der Waals surface area contributed by atoms with Gasteiger partial charge in [-0.3, -0.25) is 0 Å². The summed E-state index contributed by atoms with van der Waals surface area (Å²) in [7, 11) is 0. The van der Waals surface area contributed by atoms with E-state index in [0.717, 1.165) is 17.1 Å². The zero-order chi connectivity index (χ0) is 14.6. The van der Waals surface area contributed by atoms with Crippen molar-refractivity contribution in [2.75, 3.05) is 13.3 Å². The number of hydrogen-bond donors (Lipinski definition) is 1. The smallest absolute Gasteiger partial charge is 0.407 e. The van der Waals surface area contributed by atoms with Crippen LogP contribution in [0.15, 0.2) is 24.3 Å². The van der Waals surface area contributed by atoms with E-state index in [2.05, 4.69) is 5.32 Å². The van der Waals surface area contributed by atoms with E-state index in [1.807, 2.05) is 51.1 Å². The molecule has 108 valence electrons. The van der Waals surface area contributed by atoms with Gasteiger partial charge in [0.2, 0.25) is 6.79 Å². The highest BCUT2D eigenvalue weighted by Crippen LogP contribution is 2.32. The average molecular weight is 277 g/mol. The number of alkyl carbamates (subject to hydrolysis) is 1. The summed E-state index contributed by atoms with van der Waals surface area (Å²) in [4.78, 5) is 11.4. The Labute approximate surface area is 118 Å². The highest BCUT2D eigenvalue weighted by Gasteiger charge is 2.15. The lowest BCUT2D eigenvalue weighted by Crippen LogP contribution is -2.32. The largest absolute Gasteiger partial charge is 0.454 e. The molecule has 5 heteroatoms. The van der Waals surface area contributed by atoms with E-state index in [1.165, 1.54) is 0 Å². The van der Waals surface area contributed by atoms with Gasteiger partial charge in [0.25, 0.3) is 0 Å². The Bertz CT molecular complexity index is 517. The maximum Gasteiger partial charge on any atom is 0.407 e. The van der Waals surface area contributed by atoms with Gasteiger partial charge in [0, 0.05) is 6.54 Å². The third-order valence-electron chi connectivity index (χ3n) is 2.47. The molecule has 1 aliphatic heterocycles. The van der Waals surface area contributed by atoms with Crippen molar-refractivity contribution in [1.29, 1.82) is 0 Å². The van der Waals surface area contributed by atoms with Crippen LogP contribution in [-0.4, -0.2) is 25.0 Å². The normalized spacial score (nSPS) is 13.6. The van der Waals surface area contributed by atoms with Crippen LogP contribution in [0, 0.1) is 0 Å². The number of rotatable bonds is 3. The zero-order valence-corrected chi connectivity index (χ0v) is 11.9. The van der Waals surface area contributed by atoms with Gasteiger partial charge in [-0.25, -0.2) is 4.79 Å². The monoisotopic (exact) mass is 277 g/mol. The second-order valence-electron chi connectivity index (χ2n) is 5.40. The van der Waals surface area contributed by atoms with Gasteiger partial charge in [0.1, 0.15) is 5.60 Å². The molecule has 1 N–H and O–H groups in total. The topological polar surface area (TPSA) is 56.8 Å². The molecule has 1 aromatic carbocycles. The Morgan fingerprint density at radius 2 is 2.10 bits per heavy atom. The fourth-order valence-electron chi connectivity index (χ4n) is 1.67. The number of hydrogen-bond acceptors (Lipinski definition) is 4. The summed E-state index contributed by atoms with van der Waals surface area (Å²) >= 11 is 0. The second kappa shape index (κ2) is 5.86. The van der Waals surface area contributed by atoms with Gasteiger partial charge in [0.15, 0.2) is 11.5 Å². The highest BCUT2D eigenvalue weighted by molar-refractivity contribution is 5.68. The Balaban J connectivity index is 1.81. The standard InChI is InChI=1S/C15H19NO4/c1-15(2,3)20-14(17)16-8-4-5-11-6-7-12-13(9-11)19-10-18-12/h4-7,9H,8,10H2,1-3H3,(H,16,17). The molecule has 0 aliphatic carbocycles. The van der Waals surface area contributed by atoms with Crippen molar-refractivity contribution < 1.29 is 19.0 Å². The second-order valence-corrected chi connectivity index (χ2v) is 5.40. The molecule has 0 spiro atoms. The molecule has 1 amide bonds. The molecular formula is C15H19NO4. The fourth-order valence-corrected chi connectivity index (χ4v) is 1.67. The molecule has 0 atom stereocenters. The zero-order valence-electron chi connectivity index (χ0n) is 11.9. The van der Waals surface area contributed by atoms with E-state index in [-0.39, 0.29) is 6.79 Å². The molecule has 1 heterocycles. The lowest BCUT2D eigenvalue weighted by Gasteiger charge is -2.19. The van der Waals surface area contributed by atoms with E-state index >= 15 is 0 Å². The van der Waals surface area contributed by atoms with Crippen molar-refractivity contribution in [2.24, 2.45) is 0 Å². The predicted molar refractivity (Wildman–Crippen MR) is 75.8 cm³/mol. The molecule has 1 aliphatic rings. The van der Waals surface area contributed by atoms with Gasteiger partial charge in [0.05, 0.1) is 0 Å². The molecule has 0 bridgehead atoms. The predicted octanol–water partition coefficient (Wildman–Crippen LogP) is 2.95. The number of carbonyl (C=O) groups excluding carboxylic acids is 1. The van der Waals surface area contributed by atoms with Gasteiger partial charge in [-0.15, -0.1) is 0 Å². The number of fused-ring (bicyclic) bond motifs is 1. The van der Waals surface area contributed by atoms with Gasteiger partial charge >= 0.3 is 6.09 Å². The summed E-state index contributed by atoms with van der Waals surface area (Å²) in [6, 6.07) is 5.69. The number of ether oxygens (including phenoxy) is 3. The molecule has 0 saturated carbocycles. The van der Waals surface area contributed by atoms with Crippen molar-refractivity contribution in [1.82, 2.24) is 5.32 Å². The van der Waals surface area contributed by atoms with E-state index in [1.54, 1.807) is 0 Å². The Hall–Kier alpha value is -2.17. The van der Waals surface area contributed by atoms with E-state index in [0.29, 0.717) is 6.54 Å². The molecular weight excluding hydrogens is 258 g/mol. The lowest BCUT2D eigenvalue weighted by atomic mass is 10.2. The molecule has 0 aromatic heterocycles. The number of nitrogens with one attached hydrogen (secondary N) is 1. The van der Waals surface area contributed by atoms with E-state index in [9.17, 15) is 4.79 Å². The lowest BCUT2D eigenvalue weighted by molar-refractivity contribution is 0.0534. The van der Waals surface area contributed by atoms with Crippen LogP contribution in [0.2, 0.25) is 0 Å². The molecule has 0 radical (unpaired) electrons. The molecule has 0 saturated heterocycles. The molecule has 0 fully saturated rings. The van der Waals surface area contributed by atoms with Gasteiger partial charge in [-0.2, -0.15) is 0 Å². The molecule has 5 nitrogen and oxygen atoms in total. The van der Waals surface area contributed by atoms with Crippen molar-refractivity contribution in [3.63, 3.8) is 0 Å². The Morgan fingerprint density at radius 3 is 2.85 bits per heavy atom. The van der Waals surface area contributed by atoms with Gasteiger partial charge in [-0.05, 0) is 38.5 Å². The van der Waals surface area contributed by atoms with Crippen LogP contribution in [0.1, 0.15) is 26.3 Å². The maximum atomic E-state index is 11.4. The quantitative estimate of drug-likeness (QED) is 0.923. The van der Waals surface area contributed by atoms with Crippen LogP contribution >= 0.6 is 0 Å². The minimum atomic E-state index is -0.481. The first-order valence-corrected chi connectivity index (χ1v) is 6.47. The van der Waals surface area contributed by atoms with Crippen LogP contribution in [-0.2, 0) is 4.74 Å². The minimum Gasteiger partial charge on any atom is -0.454 e. The van der Waals surface area contributed by atoms with Crippen molar-refractivity contribution >= 4 is 12.2 Å². The maximum absolute atomic E-state index is 11.4. The van der Waals surface area contributed by atoms with Crippen LogP contribution in [0.5, 0.6) is 11.5 Å². The van der Waals surface area contributed by atoms with Crippen LogP contribution in [0.25, 0.3) is 6.08 Å². The first-order valence-electron chi connectivity index (χ1n) is 6.47. The summed E-state index contributed by atoms with van der Waals surface area (Å²) in [5.74, 6) is 1.50. The van der Waals surface area contributed by atoms with Crippen molar-refractivity contribution in [3.8, 4) is 11.5 Å². The average Bonchev–Trinajstić information content (AvgIpc) is 2.79. The third-order valence-corrected chi connectivity index (χ3v) is 2.47. The van der Waals surface area contributed by atoms with Gasteiger partial charge < -0.3 is 19.5 Å². The molecule has 0 unspecified atom stereocenters. The summed E-state index contributed by atoms with van der Waals surface area (Å²) in [6.07, 6.45) is 3.33. The van der Waals surface area contributed by atoms with Crippen molar-refractivity contribution in [3.05, 3.63) is 29.8 Å². The first-order chi connectivity index (χ1) is 9.44. The highest BCUT2D eigenvalue weighted by atomic mass is 16.7. The Morgan fingerprint density at radius 1 is 1.35 bits per heavy atom. The summed E-state index contributed by atoms with van der Waals surface area (Å²) in [5, 5.41) is 2.66. The first kappa shape index (κ1) is 14.2. The van der Waals surface area contributed by atoms with Crippen LogP contribution in [0.3, 0.4) is 0 Å². The van der Waals surface area contributed by atoms with Crippen molar-refractivity contribution in [2.45, 2.75) is 26.4 Å². The number of amides is 1. The molecule has 2 rings (SSSR count). The van der Waals surface area contributed by atoms with Crippen LogP contribution in [0.4, 0.5) is 4.79 Å². The third kappa shape index (κ3) is 4.19. The van der Waals surface area contributed by atoms with E-state index < -0.39 is 11.7 Å². The summed E-state index contributed by atoms with van der Waals surface area (Å²) in [5.41, 5.74) is 0.505. The molecule has 20 heavy (non-hydrogen) atoms. The SMILES string of the molecule is CC(C)(C)OC(=O)NCC=Cc1ccc2c(c1)OCO2. The van der Waals surface area contributed by atoms with Gasteiger partial charge in [-0.1, -0.05) is 18.2 Å². The minimum absolute atomic E-state index is 0.267. The Kier molecular flexibility index (Phi) is 4.17. The number of benzene rings is 1. The fraction of sp³-hybridized carbons (Fsp3) is 0.400. The summed E-state index contributed by atoms with van der Waals surface area (Å²) in [6.45, 7) is 6.16. The van der Waals surface area contributed by atoms with Crippen LogP contribution < -0.4 is 14.8 Å².